The predicted molar refractivity (Wildman–Crippen MR) is 127 cm³/mol. The highest BCUT2D eigenvalue weighted by atomic mass is 32.2. The molecule has 0 unspecified atom stereocenters. The van der Waals surface area contributed by atoms with Gasteiger partial charge >= 0.3 is 0 Å². The number of carbonyl (C=O) groups excluding carboxylic acids is 1. The van der Waals surface area contributed by atoms with E-state index >= 15 is 0 Å². The molecule has 162 valence electrons. The lowest BCUT2D eigenvalue weighted by Crippen LogP contribution is -2.43. The summed E-state index contributed by atoms with van der Waals surface area (Å²) in [6.07, 6.45) is 1.16. The molecule has 2 heterocycles. The number of rotatable bonds is 4. The maximum absolute atomic E-state index is 13.5. The number of aromatic nitrogens is 2. The Labute approximate surface area is 187 Å². The zero-order chi connectivity index (χ0) is 22.1. The summed E-state index contributed by atoms with van der Waals surface area (Å²) in [5.41, 5.74) is 3.42. The molecule has 0 bridgehead atoms. The molecule has 0 N–H and O–H groups in total. The van der Waals surface area contributed by atoms with E-state index in [1.165, 1.54) is 11.8 Å². The molecule has 0 radical (unpaired) electrons. The summed E-state index contributed by atoms with van der Waals surface area (Å²) in [5.74, 6) is 1.42. The van der Waals surface area contributed by atoms with Gasteiger partial charge in [0, 0.05) is 13.1 Å². The summed E-state index contributed by atoms with van der Waals surface area (Å²) in [7, 11) is 0. The minimum absolute atomic E-state index is 0.0989. The van der Waals surface area contributed by atoms with Crippen LogP contribution in [0.25, 0.3) is 16.6 Å². The molecule has 1 fully saturated rings. The smallest absolute Gasteiger partial charge is 0.266 e. The molecule has 1 saturated heterocycles. The van der Waals surface area contributed by atoms with Gasteiger partial charge in [0.2, 0.25) is 5.91 Å². The zero-order valence-electron chi connectivity index (χ0n) is 18.6. The molecule has 4 rings (SSSR count). The zero-order valence-corrected chi connectivity index (χ0v) is 19.4. The van der Waals surface area contributed by atoms with E-state index < -0.39 is 0 Å². The van der Waals surface area contributed by atoms with Crippen molar-refractivity contribution in [3.63, 3.8) is 0 Å². The highest BCUT2D eigenvalue weighted by molar-refractivity contribution is 7.99. The second-order valence-corrected chi connectivity index (χ2v) is 9.77. The number of fused-ring (bicyclic) bond motifs is 1. The third kappa shape index (κ3) is 4.40. The third-order valence-electron chi connectivity index (χ3n) is 5.95. The van der Waals surface area contributed by atoms with Crippen molar-refractivity contribution < 1.29 is 4.79 Å². The van der Waals surface area contributed by atoms with Crippen molar-refractivity contribution in [3.05, 3.63) is 63.9 Å². The van der Waals surface area contributed by atoms with E-state index in [1.54, 1.807) is 4.57 Å². The van der Waals surface area contributed by atoms with E-state index in [-0.39, 0.29) is 17.2 Å². The quantitative estimate of drug-likeness (QED) is 0.444. The third-order valence-corrected chi connectivity index (χ3v) is 6.88. The van der Waals surface area contributed by atoms with Crippen LogP contribution in [0.15, 0.2) is 52.4 Å². The number of thioether (sulfide) groups is 1. The number of likely N-dealkylation sites (tertiary alicyclic amines) is 1. The van der Waals surface area contributed by atoms with E-state index in [9.17, 15) is 9.59 Å². The monoisotopic (exact) mass is 435 g/mol. The number of para-hydroxylation sites is 2. The van der Waals surface area contributed by atoms with Gasteiger partial charge in [0.15, 0.2) is 5.16 Å². The van der Waals surface area contributed by atoms with Crippen LogP contribution in [-0.2, 0) is 4.79 Å². The number of carbonyl (C=O) groups is 1. The molecule has 2 aromatic carbocycles. The number of hydrogen-bond donors (Lipinski definition) is 0. The van der Waals surface area contributed by atoms with Gasteiger partial charge in [-0.2, -0.15) is 0 Å². The van der Waals surface area contributed by atoms with Crippen LogP contribution in [0.3, 0.4) is 0 Å². The maximum Gasteiger partial charge on any atom is 0.266 e. The van der Waals surface area contributed by atoms with Crippen LogP contribution in [-0.4, -0.2) is 39.2 Å². The number of hydrogen-bond acceptors (Lipinski definition) is 4. The fourth-order valence-corrected chi connectivity index (χ4v) is 5.55. The predicted octanol–water partition coefficient (Wildman–Crippen LogP) is 4.60. The Morgan fingerprint density at radius 3 is 2.35 bits per heavy atom. The molecular weight excluding hydrogens is 406 g/mol. The summed E-state index contributed by atoms with van der Waals surface area (Å²) in [5, 5.41) is 1.15. The first-order chi connectivity index (χ1) is 14.8. The van der Waals surface area contributed by atoms with Crippen molar-refractivity contribution in [1.29, 1.82) is 0 Å². The number of piperidine rings is 1. The normalized spacial score (nSPS) is 19.0. The Morgan fingerprint density at radius 2 is 1.68 bits per heavy atom. The van der Waals surface area contributed by atoms with Gasteiger partial charge < -0.3 is 4.90 Å². The van der Waals surface area contributed by atoms with Gasteiger partial charge in [-0.05, 0) is 55.4 Å². The van der Waals surface area contributed by atoms with Gasteiger partial charge in [-0.25, -0.2) is 4.98 Å². The number of benzene rings is 2. The highest BCUT2D eigenvalue weighted by Crippen LogP contribution is 2.27. The van der Waals surface area contributed by atoms with Gasteiger partial charge in [0.1, 0.15) is 0 Å². The van der Waals surface area contributed by atoms with Crippen molar-refractivity contribution in [2.75, 3.05) is 18.8 Å². The average molecular weight is 436 g/mol. The Bertz CT molecular complexity index is 1160. The van der Waals surface area contributed by atoms with E-state index in [1.807, 2.05) is 61.2 Å². The van der Waals surface area contributed by atoms with Gasteiger partial charge in [-0.1, -0.05) is 55.9 Å². The molecule has 1 aliphatic rings. The van der Waals surface area contributed by atoms with Crippen molar-refractivity contribution in [2.24, 2.45) is 11.8 Å². The second kappa shape index (κ2) is 8.87. The molecule has 0 spiro atoms. The van der Waals surface area contributed by atoms with Crippen LogP contribution in [0.5, 0.6) is 0 Å². The molecule has 31 heavy (non-hydrogen) atoms. The van der Waals surface area contributed by atoms with Crippen LogP contribution in [0.1, 0.15) is 31.4 Å². The molecule has 1 aliphatic heterocycles. The lowest BCUT2D eigenvalue weighted by Gasteiger charge is -2.35. The van der Waals surface area contributed by atoms with Crippen molar-refractivity contribution in [2.45, 2.75) is 39.3 Å². The van der Waals surface area contributed by atoms with E-state index in [0.717, 1.165) is 36.3 Å². The fraction of sp³-hybridized carbons (Fsp3) is 0.400. The Balaban J connectivity index is 1.73. The van der Waals surface area contributed by atoms with Crippen molar-refractivity contribution in [3.8, 4) is 5.69 Å². The van der Waals surface area contributed by atoms with Crippen molar-refractivity contribution >= 4 is 28.6 Å². The average Bonchev–Trinajstić information content (AvgIpc) is 2.73. The first-order valence-electron chi connectivity index (χ1n) is 10.8. The van der Waals surface area contributed by atoms with Crippen LogP contribution < -0.4 is 5.56 Å². The Morgan fingerprint density at radius 1 is 1.03 bits per heavy atom. The minimum atomic E-state index is -0.0989. The molecule has 3 aromatic rings. The maximum atomic E-state index is 13.5. The van der Waals surface area contributed by atoms with Crippen LogP contribution in [0.4, 0.5) is 0 Å². The van der Waals surface area contributed by atoms with Crippen molar-refractivity contribution in [1.82, 2.24) is 14.5 Å². The van der Waals surface area contributed by atoms with E-state index in [0.29, 0.717) is 27.9 Å². The van der Waals surface area contributed by atoms with E-state index in [4.69, 9.17) is 4.98 Å². The summed E-state index contributed by atoms with van der Waals surface area (Å²) in [4.78, 5) is 33.2. The van der Waals surface area contributed by atoms with Crippen LogP contribution >= 0.6 is 11.8 Å². The minimum Gasteiger partial charge on any atom is -0.341 e. The molecule has 1 aromatic heterocycles. The number of amides is 1. The molecular formula is C25H29N3O2S. The highest BCUT2D eigenvalue weighted by Gasteiger charge is 2.26. The summed E-state index contributed by atoms with van der Waals surface area (Å²) >= 11 is 1.35. The number of nitrogens with zero attached hydrogens (tertiary/aromatic N) is 3. The summed E-state index contributed by atoms with van der Waals surface area (Å²) in [6.45, 7) is 10.0. The largest absolute Gasteiger partial charge is 0.341 e. The lowest BCUT2D eigenvalue weighted by molar-refractivity contribution is -0.130. The Hall–Kier alpha value is -2.60. The fourth-order valence-electron chi connectivity index (χ4n) is 4.65. The molecule has 2 atom stereocenters. The van der Waals surface area contributed by atoms with Gasteiger partial charge in [-0.15, -0.1) is 0 Å². The first-order valence-corrected chi connectivity index (χ1v) is 11.8. The van der Waals surface area contributed by atoms with Crippen LogP contribution in [0.2, 0.25) is 0 Å². The lowest BCUT2D eigenvalue weighted by atomic mass is 9.92. The second-order valence-electron chi connectivity index (χ2n) is 8.83. The molecule has 0 saturated carbocycles. The van der Waals surface area contributed by atoms with E-state index in [2.05, 4.69) is 13.8 Å². The summed E-state index contributed by atoms with van der Waals surface area (Å²) < 4.78 is 1.69. The number of aryl methyl sites for hydroxylation is 2. The topological polar surface area (TPSA) is 55.2 Å². The molecule has 6 heteroatoms. The van der Waals surface area contributed by atoms with Gasteiger partial charge in [-0.3, -0.25) is 14.2 Å². The first kappa shape index (κ1) is 21.6. The standard InChI is InChI=1S/C25H29N3O2S/c1-16-12-17(2)14-27(13-16)22(29)15-31-25-26-21-11-6-5-10-20(21)24(30)28(25)23-18(3)8-7-9-19(23)4/h5-11,16-17H,12-15H2,1-4H3/t16-,17-/m0/s1. The van der Waals surface area contributed by atoms with Crippen LogP contribution in [0, 0.1) is 25.7 Å². The molecule has 1 amide bonds. The summed E-state index contributed by atoms with van der Waals surface area (Å²) in [6, 6.07) is 13.4. The molecule has 5 nitrogen and oxygen atoms in total. The van der Waals surface area contributed by atoms with Gasteiger partial charge in [0.05, 0.1) is 22.3 Å². The SMILES string of the molecule is Cc1cccc(C)c1-n1c(SCC(=O)N2C[C@@H](C)C[C@H](C)C2)nc2ccccc2c1=O. The van der Waals surface area contributed by atoms with Gasteiger partial charge in [0.25, 0.3) is 5.56 Å². The Kier molecular flexibility index (Phi) is 6.19. The molecule has 0 aliphatic carbocycles.